The average molecular weight is 294 g/mol. The molecule has 0 aromatic carbocycles. The number of nitrogens with zero attached hydrogens (tertiary/aromatic N) is 4. The normalized spacial score (nSPS) is 11.0. The SMILES string of the molecule is CCc1nnc(CSc2nnc(-c3cccs3)o2)o1. The highest BCUT2D eigenvalue weighted by Gasteiger charge is 2.12. The maximum Gasteiger partial charge on any atom is 0.277 e. The lowest BCUT2D eigenvalue weighted by atomic mass is 10.5. The number of thiophene rings is 1. The maximum atomic E-state index is 5.54. The minimum absolute atomic E-state index is 0.500. The first-order chi connectivity index (χ1) is 9.35. The van der Waals surface area contributed by atoms with E-state index in [2.05, 4.69) is 20.4 Å². The van der Waals surface area contributed by atoms with Gasteiger partial charge in [0.15, 0.2) is 0 Å². The molecule has 0 aliphatic carbocycles. The standard InChI is InChI=1S/C11H10N4O2S2/c1-2-8-12-13-9(16-8)6-19-11-15-14-10(17-11)7-4-3-5-18-7/h3-5H,2,6H2,1H3. The molecule has 3 heterocycles. The second-order valence-electron chi connectivity index (χ2n) is 3.58. The van der Waals surface area contributed by atoms with E-state index in [4.69, 9.17) is 8.83 Å². The van der Waals surface area contributed by atoms with Gasteiger partial charge >= 0.3 is 0 Å². The lowest BCUT2D eigenvalue weighted by molar-refractivity contribution is 0.458. The predicted molar refractivity (Wildman–Crippen MR) is 70.8 cm³/mol. The van der Waals surface area contributed by atoms with Gasteiger partial charge in [-0.25, -0.2) is 0 Å². The van der Waals surface area contributed by atoms with Crippen LogP contribution in [0.15, 0.2) is 31.6 Å². The zero-order chi connectivity index (χ0) is 13.1. The molecule has 19 heavy (non-hydrogen) atoms. The molecule has 3 rings (SSSR count). The van der Waals surface area contributed by atoms with Crippen LogP contribution in [-0.4, -0.2) is 20.4 Å². The van der Waals surface area contributed by atoms with E-state index in [1.54, 1.807) is 11.3 Å². The third-order valence-electron chi connectivity index (χ3n) is 2.27. The zero-order valence-electron chi connectivity index (χ0n) is 10.1. The Balaban J connectivity index is 1.64. The third kappa shape index (κ3) is 2.85. The Kier molecular flexibility index (Phi) is 3.60. The largest absolute Gasteiger partial charge is 0.424 e. The van der Waals surface area contributed by atoms with E-state index in [1.165, 1.54) is 11.8 Å². The van der Waals surface area contributed by atoms with Crippen LogP contribution in [0.3, 0.4) is 0 Å². The highest BCUT2D eigenvalue weighted by Crippen LogP contribution is 2.27. The lowest BCUT2D eigenvalue weighted by Crippen LogP contribution is -1.80. The number of aromatic nitrogens is 4. The molecule has 0 saturated heterocycles. The molecular formula is C11H10N4O2S2. The van der Waals surface area contributed by atoms with Crippen LogP contribution in [0.5, 0.6) is 0 Å². The van der Waals surface area contributed by atoms with Crippen molar-refractivity contribution in [2.75, 3.05) is 0 Å². The third-order valence-corrected chi connectivity index (χ3v) is 3.93. The lowest BCUT2D eigenvalue weighted by Gasteiger charge is -1.90. The summed E-state index contributed by atoms with van der Waals surface area (Å²) in [5, 5.41) is 18.3. The molecule has 0 aliphatic rings. The highest BCUT2D eigenvalue weighted by atomic mass is 32.2. The summed E-state index contributed by atoms with van der Waals surface area (Å²) in [6.07, 6.45) is 0.737. The van der Waals surface area contributed by atoms with Crippen molar-refractivity contribution >= 4 is 23.1 Å². The minimum atomic E-state index is 0.500. The zero-order valence-corrected chi connectivity index (χ0v) is 11.7. The van der Waals surface area contributed by atoms with Crippen LogP contribution < -0.4 is 0 Å². The molecular weight excluding hydrogens is 284 g/mol. The van der Waals surface area contributed by atoms with Gasteiger partial charge in [0.25, 0.3) is 11.1 Å². The quantitative estimate of drug-likeness (QED) is 0.669. The van der Waals surface area contributed by atoms with Crippen LogP contribution in [-0.2, 0) is 12.2 Å². The number of rotatable bonds is 5. The van der Waals surface area contributed by atoms with E-state index in [1.807, 2.05) is 24.4 Å². The van der Waals surface area contributed by atoms with Gasteiger partial charge in [-0.1, -0.05) is 24.8 Å². The molecule has 0 amide bonds. The fraction of sp³-hybridized carbons (Fsp3) is 0.273. The molecule has 3 aromatic heterocycles. The van der Waals surface area contributed by atoms with Crippen molar-refractivity contribution in [1.82, 2.24) is 20.4 Å². The molecule has 0 fully saturated rings. The molecule has 0 aliphatic heterocycles. The fourth-order valence-electron chi connectivity index (χ4n) is 1.38. The summed E-state index contributed by atoms with van der Waals surface area (Å²) in [5.74, 6) is 2.27. The van der Waals surface area contributed by atoms with Crippen molar-refractivity contribution in [1.29, 1.82) is 0 Å². The van der Waals surface area contributed by atoms with Crippen LogP contribution >= 0.6 is 23.1 Å². The van der Waals surface area contributed by atoms with Crippen molar-refractivity contribution in [3.63, 3.8) is 0 Å². The van der Waals surface area contributed by atoms with Gasteiger partial charge in [0.05, 0.1) is 10.6 Å². The van der Waals surface area contributed by atoms with Gasteiger partial charge in [-0.2, -0.15) is 0 Å². The van der Waals surface area contributed by atoms with Gasteiger partial charge in [-0.15, -0.1) is 31.7 Å². The summed E-state index contributed by atoms with van der Waals surface area (Å²) in [6.45, 7) is 1.97. The smallest absolute Gasteiger partial charge is 0.277 e. The Morgan fingerprint density at radius 3 is 2.79 bits per heavy atom. The Morgan fingerprint density at radius 2 is 2.05 bits per heavy atom. The first-order valence-corrected chi connectivity index (χ1v) is 7.53. The molecule has 0 radical (unpaired) electrons. The average Bonchev–Trinajstić information content (AvgIpc) is 3.16. The summed E-state index contributed by atoms with van der Waals surface area (Å²) in [6, 6.07) is 3.89. The molecule has 0 unspecified atom stereocenters. The van der Waals surface area contributed by atoms with Crippen molar-refractivity contribution in [3.8, 4) is 10.8 Å². The van der Waals surface area contributed by atoms with E-state index in [9.17, 15) is 0 Å². The number of aryl methyl sites for hydroxylation is 1. The molecule has 0 saturated carbocycles. The Labute approximate surface area is 117 Å². The second-order valence-corrected chi connectivity index (χ2v) is 5.46. The van der Waals surface area contributed by atoms with E-state index < -0.39 is 0 Å². The molecule has 0 bridgehead atoms. The minimum Gasteiger partial charge on any atom is -0.424 e. The molecule has 0 atom stereocenters. The van der Waals surface area contributed by atoms with E-state index in [0.717, 1.165) is 11.3 Å². The maximum absolute atomic E-state index is 5.54. The summed E-state index contributed by atoms with van der Waals surface area (Å²) in [5.41, 5.74) is 0. The van der Waals surface area contributed by atoms with Crippen molar-refractivity contribution in [2.45, 2.75) is 24.3 Å². The van der Waals surface area contributed by atoms with Gasteiger partial charge in [0.1, 0.15) is 0 Å². The second kappa shape index (κ2) is 5.54. The van der Waals surface area contributed by atoms with E-state index in [0.29, 0.717) is 28.6 Å². The van der Waals surface area contributed by atoms with Gasteiger partial charge in [-0.3, -0.25) is 0 Å². The molecule has 3 aromatic rings. The van der Waals surface area contributed by atoms with Gasteiger partial charge in [-0.05, 0) is 11.4 Å². The van der Waals surface area contributed by atoms with Gasteiger partial charge in [0.2, 0.25) is 11.8 Å². The van der Waals surface area contributed by atoms with Gasteiger partial charge in [0, 0.05) is 6.42 Å². The molecule has 98 valence electrons. The molecule has 8 heteroatoms. The molecule has 0 N–H and O–H groups in total. The van der Waals surface area contributed by atoms with Crippen LogP contribution in [0.1, 0.15) is 18.7 Å². The summed E-state index contributed by atoms with van der Waals surface area (Å²) < 4.78 is 10.9. The van der Waals surface area contributed by atoms with Crippen molar-refractivity contribution in [3.05, 3.63) is 29.3 Å². The summed E-state index contributed by atoms with van der Waals surface area (Å²) in [4.78, 5) is 0.963. The predicted octanol–water partition coefficient (Wildman–Crippen LogP) is 3.04. The van der Waals surface area contributed by atoms with Crippen molar-refractivity contribution in [2.24, 2.45) is 0 Å². The van der Waals surface area contributed by atoms with Crippen LogP contribution in [0, 0.1) is 0 Å². The van der Waals surface area contributed by atoms with E-state index >= 15 is 0 Å². The fourth-order valence-corrected chi connectivity index (χ4v) is 2.63. The Hall–Kier alpha value is -1.67. The highest BCUT2D eigenvalue weighted by molar-refractivity contribution is 7.98. The van der Waals surface area contributed by atoms with Crippen molar-refractivity contribution < 1.29 is 8.83 Å². The van der Waals surface area contributed by atoms with Crippen LogP contribution in [0.25, 0.3) is 10.8 Å². The van der Waals surface area contributed by atoms with Crippen LogP contribution in [0.2, 0.25) is 0 Å². The number of hydrogen-bond donors (Lipinski definition) is 0. The summed E-state index contributed by atoms with van der Waals surface area (Å²) >= 11 is 2.95. The first-order valence-electron chi connectivity index (χ1n) is 5.66. The van der Waals surface area contributed by atoms with Crippen LogP contribution in [0.4, 0.5) is 0 Å². The number of hydrogen-bond acceptors (Lipinski definition) is 8. The Bertz CT molecular complexity index is 647. The number of thioether (sulfide) groups is 1. The van der Waals surface area contributed by atoms with Gasteiger partial charge < -0.3 is 8.83 Å². The first kappa shape index (κ1) is 12.4. The monoisotopic (exact) mass is 294 g/mol. The Morgan fingerprint density at radius 1 is 1.16 bits per heavy atom. The molecule has 6 nitrogen and oxygen atoms in total. The topological polar surface area (TPSA) is 77.8 Å². The van der Waals surface area contributed by atoms with E-state index in [-0.39, 0.29) is 0 Å². The molecule has 0 spiro atoms. The summed E-state index contributed by atoms with van der Waals surface area (Å²) in [7, 11) is 0.